The van der Waals surface area contributed by atoms with Crippen LogP contribution >= 0.6 is 0 Å². The fraction of sp³-hybridized carbons (Fsp3) is 0.190. The van der Waals surface area contributed by atoms with Crippen LogP contribution in [0.4, 0.5) is 15.8 Å². The van der Waals surface area contributed by atoms with Crippen LogP contribution in [-0.2, 0) is 14.8 Å². The first-order chi connectivity index (χ1) is 13.3. The van der Waals surface area contributed by atoms with Gasteiger partial charge in [-0.25, -0.2) is 12.8 Å². The third kappa shape index (κ3) is 4.31. The number of nitrogens with one attached hydrogen (secondary N) is 1. The Balaban J connectivity index is 1.92. The standard InChI is InChI=1S/C21H21FN2O3S/c1-3-20(24(28(2,26)27)19-12-9-17(22)10-13-19)21(25)23-18-11-8-15-6-4-5-7-16(15)14-18/h4-14,20H,3H2,1-2H3,(H,23,25)/t20-/m0/s1. The molecule has 0 aliphatic carbocycles. The molecule has 3 aromatic carbocycles. The van der Waals surface area contributed by atoms with Gasteiger partial charge in [-0.1, -0.05) is 37.3 Å². The van der Waals surface area contributed by atoms with Crippen LogP contribution in [-0.4, -0.2) is 26.6 Å². The lowest BCUT2D eigenvalue weighted by molar-refractivity contribution is -0.117. The molecule has 0 spiro atoms. The molecule has 1 amide bonds. The molecule has 0 radical (unpaired) electrons. The molecule has 146 valence electrons. The fourth-order valence-corrected chi connectivity index (χ4v) is 4.35. The average molecular weight is 400 g/mol. The number of halogens is 1. The van der Waals surface area contributed by atoms with Crippen LogP contribution in [0.3, 0.4) is 0 Å². The van der Waals surface area contributed by atoms with E-state index in [9.17, 15) is 17.6 Å². The zero-order valence-electron chi connectivity index (χ0n) is 15.6. The van der Waals surface area contributed by atoms with Crippen molar-refractivity contribution in [1.29, 1.82) is 0 Å². The molecule has 0 aromatic heterocycles. The molecule has 28 heavy (non-hydrogen) atoms. The largest absolute Gasteiger partial charge is 0.324 e. The number of hydrogen-bond donors (Lipinski definition) is 1. The third-order valence-electron chi connectivity index (χ3n) is 4.43. The van der Waals surface area contributed by atoms with E-state index in [1.54, 1.807) is 13.0 Å². The molecule has 1 N–H and O–H groups in total. The Bertz CT molecular complexity index is 1100. The second-order valence-electron chi connectivity index (χ2n) is 6.51. The predicted molar refractivity (Wildman–Crippen MR) is 110 cm³/mol. The van der Waals surface area contributed by atoms with Crippen molar-refractivity contribution < 1.29 is 17.6 Å². The van der Waals surface area contributed by atoms with Crippen molar-refractivity contribution in [2.75, 3.05) is 15.9 Å². The molecular weight excluding hydrogens is 379 g/mol. The van der Waals surface area contributed by atoms with E-state index in [4.69, 9.17) is 0 Å². The summed E-state index contributed by atoms with van der Waals surface area (Å²) in [7, 11) is -3.76. The van der Waals surface area contributed by atoms with Gasteiger partial charge < -0.3 is 5.32 Å². The molecule has 3 aromatic rings. The van der Waals surface area contributed by atoms with Gasteiger partial charge in [-0.05, 0) is 53.6 Å². The topological polar surface area (TPSA) is 66.5 Å². The van der Waals surface area contributed by atoms with E-state index >= 15 is 0 Å². The van der Waals surface area contributed by atoms with Crippen LogP contribution in [0.5, 0.6) is 0 Å². The van der Waals surface area contributed by atoms with Crippen molar-refractivity contribution in [2.45, 2.75) is 19.4 Å². The van der Waals surface area contributed by atoms with Gasteiger partial charge in [0.25, 0.3) is 0 Å². The molecule has 1 atom stereocenters. The normalized spacial score (nSPS) is 12.5. The van der Waals surface area contributed by atoms with E-state index in [1.165, 1.54) is 24.3 Å². The highest BCUT2D eigenvalue weighted by Gasteiger charge is 2.31. The lowest BCUT2D eigenvalue weighted by atomic mass is 10.1. The minimum absolute atomic E-state index is 0.240. The maximum Gasteiger partial charge on any atom is 0.248 e. The summed E-state index contributed by atoms with van der Waals surface area (Å²) in [6.45, 7) is 1.73. The van der Waals surface area contributed by atoms with E-state index in [0.29, 0.717) is 5.69 Å². The zero-order chi connectivity index (χ0) is 20.3. The lowest BCUT2D eigenvalue weighted by Crippen LogP contribution is -2.47. The van der Waals surface area contributed by atoms with Crippen molar-refractivity contribution in [2.24, 2.45) is 0 Å². The third-order valence-corrected chi connectivity index (χ3v) is 5.61. The first kappa shape index (κ1) is 19.8. The monoisotopic (exact) mass is 400 g/mol. The summed E-state index contributed by atoms with van der Waals surface area (Å²) < 4.78 is 39.1. The Morgan fingerprint density at radius 1 is 1.04 bits per heavy atom. The number of hydrogen-bond acceptors (Lipinski definition) is 3. The first-order valence-corrected chi connectivity index (χ1v) is 10.7. The SMILES string of the molecule is CC[C@@H](C(=O)Nc1ccc2ccccc2c1)N(c1ccc(F)cc1)S(C)(=O)=O. The van der Waals surface area contributed by atoms with Crippen molar-refractivity contribution in [1.82, 2.24) is 0 Å². The Kier molecular flexibility index (Phi) is 5.65. The van der Waals surface area contributed by atoms with Gasteiger partial charge in [0.2, 0.25) is 15.9 Å². The summed E-state index contributed by atoms with van der Waals surface area (Å²) in [6, 6.07) is 17.3. The van der Waals surface area contributed by atoms with Crippen molar-refractivity contribution in [3.63, 3.8) is 0 Å². The summed E-state index contributed by atoms with van der Waals surface area (Å²) in [5.74, 6) is -0.932. The smallest absolute Gasteiger partial charge is 0.248 e. The van der Waals surface area contributed by atoms with Crippen molar-refractivity contribution in [3.05, 3.63) is 72.5 Å². The molecule has 0 aliphatic rings. The van der Waals surface area contributed by atoms with E-state index < -0.39 is 27.8 Å². The maximum absolute atomic E-state index is 13.3. The highest BCUT2D eigenvalue weighted by Crippen LogP contribution is 2.24. The van der Waals surface area contributed by atoms with Gasteiger partial charge in [0.1, 0.15) is 11.9 Å². The minimum atomic E-state index is -3.76. The minimum Gasteiger partial charge on any atom is -0.324 e. The van der Waals surface area contributed by atoms with Crippen LogP contribution in [0.25, 0.3) is 10.8 Å². The molecule has 3 rings (SSSR count). The molecule has 0 bridgehead atoms. The summed E-state index contributed by atoms with van der Waals surface area (Å²) in [6.07, 6.45) is 1.28. The van der Waals surface area contributed by atoms with Crippen LogP contribution in [0.15, 0.2) is 66.7 Å². The molecule has 7 heteroatoms. The van der Waals surface area contributed by atoms with Gasteiger partial charge in [0.05, 0.1) is 11.9 Å². The van der Waals surface area contributed by atoms with Gasteiger partial charge in [0.15, 0.2) is 0 Å². The number of carbonyl (C=O) groups is 1. The van der Waals surface area contributed by atoms with Gasteiger partial charge in [-0.3, -0.25) is 9.10 Å². The Morgan fingerprint density at radius 2 is 1.68 bits per heavy atom. The summed E-state index contributed by atoms with van der Waals surface area (Å²) in [5, 5.41) is 4.80. The number of nitrogens with zero attached hydrogens (tertiary/aromatic N) is 1. The second kappa shape index (κ2) is 7.98. The highest BCUT2D eigenvalue weighted by molar-refractivity contribution is 7.92. The Hall–Kier alpha value is -2.93. The fourth-order valence-electron chi connectivity index (χ4n) is 3.14. The number of benzene rings is 3. The van der Waals surface area contributed by atoms with Gasteiger partial charge in [0, 0.05) is 5.69 Å². The van der Waals surface area contributed by atoms with Gasteiger partial charge in [-0.15, -0.1) is 0 Å². The predicted octanol–water partition coefficient (Wildman–Crippen LogP) is 4.16. The van der Waals surface area contributed by atoms with Crippen molar-refractivity contribution >= 4 is 38.1 Å². The van der Waals surface area contributed by atoms with Crippen LogP contribution in [0.2, 0.25) is 0 Å². The number of anilines is 2. The van der Waals surface area contributed by atoms with Crippen LogP contribution in [0, 0.1) is 5.82 Å². The van der Waals surface area contributed by atoms with E-state index in [1.807, 2.05) is 36.4 Å². The number of rotatable bonds is 6. The van der Waals surface area contributed by atoms with Crippen molar-refractivity contribution in [3.8, 4) is 0 Å². The molecule has 0 heterocycles. The molecule has 0 saturated carbocycles. The number of amides is 1. The van der Waals surface area contributed by atoms with E-state index in [-0.39, 0.29) is 12.1 Å². The van der Waals surface area contributed by atoms with Gasteiger partial charge >= 0.3 is 0 Å². The molecule has 0 fully saturated rings. The average Bonchev–Trinajstić information content (AvgIpc) is 2.66. The Morgan fingerprint density at radius 3 is 2.29 bits per heavy atom. The summed E-state index contributed by atoms with van der Waals surface area (Å²) in [4.78, 5) is 12.9. The first-order valence-electron chi connectivity index (χ1n) is 8.84. The summed E-state index contributed by atoms with van der Waals surface area (Å²) in [5.41, 5.74) is 0.819. The molecule has 0 saturated heterocycles. The zero-order valence-corrected chi connectivity index (χ0v) is 16.4. The molecular formula is C21H21FN2O3S. The van der Waals surface area contributed by atoms with Crippen LogP contribution < -0.4 is 9.62 Å². The Labute approximate surface area is 163 Å². The second-order valence-corrected chi connectivity index (χ2v) is 8.37. The molecule has 5 nitrogen and oxygen atoms in total. The van der Waals surface area contributed by atoms with Gasteiger partial charge in [-0.2, -0.15) is 0 Å². The highest BCUT2D eigenvalue weighted by atomic mass is 32.2. The lowest BCUT2D eigenvalue weighted by Gasteiger charge is -2.30. The van der Waals surface area contributed by atoms with E-state index in [0.717, 1.165) is 21.3 Å². The number of fused-ring (bicyclic) bond motifs is 1. The number of sulfonamides is 1. The summed E-state index contributed by atoms with van der Waals surface area (Å²) >= 11 is 0. The quantitative estimate of drug-likeness (QED) is 0.676. The molecule has 0 unspecified atom stereocenters. The molecule has 0 aliphatic heterocycles. The van der Waals surface area contributed by atoms with Crippen LogP contribution in [0.1, 0.15) is 13.3 Å². The van der Waals surface area contributed by atoms with E-state index in [2.05, 4.69) is 5.32 Å². The number of carbonyl (C=O) groups excluding carboxylic acids is 1. The maximum atomic E-state index is 13.3.